The molecule has 0 radical (unpaired) electrons. The Hall–Kier alpha value is -2.44. The molecule has 1 aromatic carbocycles. The second-order valence-electron chi connectivity index (χ2n) is 3.24. The second kappa shape index (κ2) is 3.61. The van der Waals surface area contributed by atoms with Crippen LogP contribution in [0, 0.1) is 10.1 Å². The summed E-state index contributed by atoms with van der Waals surface area (Å²) >= 11 is 0. The molecule has 0 saturated heterocycles. The highest BCUT2D eigenvalue weighted by molar-refractivity contribution is 5.73. The van der Waals surface area contributed by atoms with Crippen molar-refractivity contribution in [3.05, 3.63) is 34.6 Å². The summed E-state index contributed by atoms with van der Waals surface area (Å²) in [7, 11) is 1.73. The maximum Gasteiger partial charge on any atom is 0.271 e. The molecule has 0 unspecified atom stereocenters. The van der Waals surface area contributed by atoms with Gasteiger partial charge >= 0.3 is 0 Å². The Kier molecular flexibility index (Phi) is 2.28. The summed E-state index contributed by atoms with van der Waals surface area (Å²) in [6.07, 6.45) is 1.40. The van der Waals surface area contributed by atoms with Crippen LogP contribution in [-0.4, -0.2) is 19.7 Å². The zero-order valence-corrected chi connectivity index (χ0v) is 8.49. The summed E-state index contributed by atoms with van der Waals surface area (Å²) in [4.78, 5) is 14.1. The largest absolute Gasteiger partial charge is 0.398 e. The van der Waals surface area contributed by atoms with E-state index in [1.54, 1.807) is 17.8 Å². The van der Waals surface area contributed by atoms with Crippen molar-refractivity contribution in [2.75, 3.05) is 5.73 Å². The second-order valence-corrected chi connectivity index (χ2v) is 3.24. The fraction of sp³-hybridized carbons (Fsp3) is 0.111. The molecule has 7 nitrogen and oxygen atoms in total. The number of hydrogen-bond donors (Lipinski definition) is 1. The van der Waals surface area contributed by atoms with Crippen LogP contribution in [-0.2, 0) is 7.05 Å². The molecule has 7 heteroatoms. The monoisotopic (exact) mass is 219 g/mol. The smallest absolute Gasteiger partial charge is 0.271 e. The van der Waals surface area contributed by atoms with Crippen LogP contribution in [0.15, 0.2) is 24.5 Å². The topological polar surface area (TPSA) is 99.9 Å². The average Bonchev–Trinajstić information content (AvgIpc) is 2.64. The number of rotatable bonds is 2. The van der Waals surface area contributed by atoms with Gasteiger partial charge in [-0.05, 0) is 6.07 Å². The third-order valence-corrected chi connectivity index (χ3v) is 2.20. The number of nitrogen functional groups attached to an aromatic ring is 1. The summed E-state index contributed by atoms with van der Waals surface area (Å²) in [5.74, 6) is 0.576. The first kappa shape index (κ1) is 10.1. The van der Waals surface area contributed by atoms with E-state index in [-0.39, 0.29) is 5.69 Å². The van der Waals surface area contributed by atoms with Gasteiger partial charge in [-0.25, -0.2) is 9.67 Å². The SMILES string of the molecule is Cn1ncnc1-c1ccc([N+](=O)[O-])cc1N. The maximum absolute atomic E-state index is 10.5. The lowest BCUT2D eigenvalue weighted by molar-refractivity contribution is -0.384. The Morgan fingerprint density at radius 2 is 2.25 bits per heavy atom. The predicted molar refractivity (Wildman–Crippen MR) is 57.5 cm³/mol. The Morgan fingerprint density at radius 1 is 1.50 bits per heavy atom. The molecule has 0 amide bonds. The van der Waals surface area contributed by atoms with Crippen LogP contribution in [0.25, 0.3) is 11.4 Å². The van der Waals surface area contributed by atoms with Gasteiger partial charge in [0.2, 0.25) is 0 Å². The molecule has 0 aliphatic heterocycles. The van der Waals surface area contributed by atoms with E-state index < -0.39 is 4.92 Å². The van der Waals surface area contributed by atoms with Gasteiger partial charge < -0.3 is 5.73 Å². The van der Waals surface area contributed by atoms with Gasteiger partial charge in [0.05, 0.1) is 4.92 Å². The van der Waals surface area contributed by atoms with Gasteiger partial charge in [0, 0.05) is 30.4 Å². The minimum absolute atomic E-state index is 0.0385. The number of nitro groups is 1. The first-order valence-corrected chi connectivity index (χ1v) is 4.48. The third-order valence-electron chi connectivity index (χ3n) is 2.20. The van der Waals surface area contributed by atoms with Crippen molar-refractivity contribution in [3.8, 4) is 11.4 Å². The first-order chi connectivity index (χ1) is 7.59. The zero-order chi connectivity index (χ0) is 11.7. The van der Waals surface area contributed by atoms with Gasteiger partial charge in [-0.3, -0.25) is 10.1 Å². The number of anilines is 1. The van der Waals surface area contributed by atoms with Crippen molar-refractivity contribution < 1.29 is 4.92 Å². The predicted octanol–water partition coefficient (Wildman–Crippen LogP) is 0.972. The molecule has 2 N–H and O–H groups in total. The summed E-state index contributed by atoms with van der Waals surface area (Å²) in [5, 5.41) is 14.4. The zero-order valence-electron chi connectivity index (χ0n) is 8.49. The van der Waals surface area contributed by atoms with Crippen molar-refractivity contribution in [1.29, 1.82) is 0 Å². The lowest BCUT2D eigenvalue weighted by Crippen LogP contribution is -1.99. The molecule has 1 aromatic heterocycles. The van der Waals surface area contributed by atoms with Crippen LogP contribution in [0.4, 0.5) is 11.4 Å². The summed E-state index contributed by atoms with van der Waals surface area (Å²) in [5.41, 5.74) is 6.64. The molecule has 0 aliphatic carbocycles. The van der Waals surface area contributed by atoms with Crippen molar-refractivity contribution >= 4 is 11.4 Å². The summed E-state index contributed by atoms with van der Waals surface area (Å²) in [6, 6.07) is 4.27. The summed E-state index contributed by atoms with van der Waals surface area (Å²) < 4.78 is 1.55. The van der Waals surface area contributed by atoms with Gasteiger partial charge in [-0.15, -0.1) is 0 Å². The highest BCUT2D eigenvalue weighted by atomic mass is 16.6. The molecule has 0 spiro atoms. The van der Waals surface area contributed by atoms with E-state index in [0.29, 0.717) is 17.1 Å². The highest BCUT2D eigenvalue weighted by Crippen LogP contribution is 2.27. The maximum atomic E-state index is 10.5. The molecule has 16 heavy (non-hydrogen) atoms. The molecule has 0 saturated carbocycles. The molecule has 0 atom stereocenters. The normalized spacial score (nSPS) is 10.3. The first-order valence-electron chi connectivity index (χ1n) is 4.48. The number of aromatic nitrogens is 3. The van der Waals surface area contributed by atoms with Crippen LogP contribution >= 0.6 is 0 Å². The lowest BCUT2D eigenvalue weighted by atomic mass is 10.1. The van der Waals surface area contributed by atoms with Crippen LogP contribution in [0.3, 0.4) is 0 Å². The fourth-order valence-electron chi connectivity index (χ4n) is 1.41. The van der Waals surface area contributed by atoms with Crippen molar-refractivity contribution in [3.63, 3.8) is 0 Å². The summed E-state index contributed by atoms with van der Waals surface area (Å²) in [6.45, 7) is 0. The third kappa shape index (κ3) is 1.58. The van der Waals surface area contributed by atoms with E-state index >= 15 is 0 Å². The van der Waals surface area contributed by atoms with Crippen LogP contribution < -0.4 is 5.73 Å². The Labute approximate surface area is 90.7 Å². The van der Waals surface area contributed by atoms with E-state index in [4.69, 9.17) is 5.73 Å². The molecular weight excluding hydrogens is 210 g/mol. The van der Waals surface area contributed by atoms with Crippen molar-refractivity contribution in [2.45, 2.75) is 0 Å². The fourth-order valence-corrected chi connectivity index (χ4v) is 1.41. The quantitative estimate of drug-likeness (QED) is 0.461. The van der Waals surface area contributed by atoms with Crippen LogP contribution in [0.2, 0.25) is 0 Å². The van der Waals surface area contributed by atoms with Gasteiger partial charge in [0.15, 0.2) is 5.82 Å². The van der Waals surface area contributed by atoms with Gasteiger partial charge in [0.1, 0.15) is 6.33 Å². The number of nitrogens with zero attached hydrogens (tertiary/aromatic N) is 4. The Balaban J connectivity index is 2.52. The number of nitrogens with two attached hydrogens (primary N) is 1. The average molecular weight is 219 g/mol. The van der Waals surface area contributed by atoms with Crippen LogP contribution in [0.5, 0.6) is 0 Å². The molecule has 1 heterocycles. The minimum Gasteiger partial charge on any atom is -0.398 e. The van der Waals surface area contributed by atoms with E-state index in [1.807, 2.05) is 0 Å². The molecule has 0 bridgehead atoms. The van der Waals surface area contributed by atoms with E-state index in [0.717, 1.165) is 0 Å². The highest BCUT2D eigenvalue weighted by Gasteiger charge is 2.12. The number of aryl methyl sites for hydroxylation is 1. The van der Waals surface area contributed by atoms with Crippen LogP contribution in [0.1, 0.15) is 0 Å². The number of nitro benzene ring substituents is 1. The van der Waals surface area contributed by atoms with Gasteiger partial charge in [-0.2, -0.15) is 5.10 Å². The Bertz CT molecular complexity index is 549. The molecular formula is C9H9N5O2. The minimum atomic E-state index is -0.489. The molecule has 2 rings (SSSR count). The lowest BCUT2D eigenvalue weighted by Gasteiger charge is -2.03. The van der Waals surface area contributed by atoms with Crippen molar-refractivity contribution in [1.82, 2.24) is 14.8 Å². The number of non-ortho nitro benzene ring substituents is 1. The standard InChI is InChI=1S/C9H9N5O2/c1-13-9(11-5-12-13)7-3-2-6(14(15)16)4-8(7)10/h2-5H,10H2,1H3. The van der Waals surface area contributed by atoms with Crippen molar-refractivity contribution in [2.24, 2.45) is 7.05 Å². The molecule has 0 aliphatic rings. The van der Waals surface area contributed by atoms with Gasteiger partial charge in [0.25, 0.3) is 5.69 Å². The van der Waals surface area contributed by atoms with E-state index in [1.165, 1.54) is 18.5 Å². The Morgan fingerprint density at radius 3 is 2.75 bits per heavy atom. The van der Waals surface area contributed by atoms with E-state index in [9.17, 15) is 10.1 Å². The molecule has 0 fully saturated rings. The van der Waals surface area contributed by atoms with Gasteiger partial charge in [-0.1, -0.05) is 0 Å². The van der Waals surface area contributed by atoms with E-state index in [2.05, 4.69) is 10.1 Å². The number of hydrogen-bond acceptors (Lipinski definition) is 5. The molecule has 2 aromatic rings. The number of benzene rings is 1. The molecule has 82 valence electrons.